The number of aromatic amines is 1. The first-order valence-corrected chi connectivity index (χ1v) is 7.06. The summed E-state index contributed by atoms with van der Waals surface area (Å²) in [5.41, 5.74) is 1.07. The van der Waals surface area contributed by atoms with Gasteiger partial charge in [0.2, 0.25) is 5.91 Å². The second-order valence-electron chi connectivity index (χ2n) is 4.54. The van der Waals surface area contributed by atoms with E-state index in [1.54, 1.807) is 4.57 Å². The number of carbonyl (C=O) groups excluding carboxylic acids is 1. The maximum Gasteiger partial charge on any atom is 0.240 e. The highest BCUT2D eigenvalue weighted by molar-refractivity contribution is 7.71. The molecule has 0 aliphatic heterocycles. The Morgan fingerprint density at radius 3 is 2.85 bits per heavy atom. The number of aromatic nitrogens is 3. The molecule has 0 saturated heterocycles. The van der Waals surface area contributed by atoms with E-state index in [0.29, 0.717) is 11.3 Å². The molecule has 0 aliphatic carbocycles. The summed E-state index contributed by atoms with van der Waals surface area (Å²) in [6, 6.07) is 9.81. The summed E-state index contributed by atoms with van der Waals surface area (Å²) in [5, 5.41) is 9.77. The highest BCUT2D eigenvalue weighted by Crippen LogP contribution is 2.02. The Labute approximate surface area is 123 Å². The van der Waals surface area contributed by atoms with E-state index in [1.807, 2.05) is 30.3 Å². The van der Waals surface area contributed by atoms with Crippen molar-refractivity contribution in [2.75, 3.05) is 0 Å². The molecule has 2 rings (SSSR count). The minimum absolute atomic E-state index is 0.0660. The average molecular weight is 290 g/mol. The number of benzene rings is 1. The van der Waals surface area contributed by atoms with Gasteiger partial charge in [0.15, 0.2) is 4.77 Å². The fourth-order valence-electron chi connectivity index (χ4n) is 1.92. The van der Waals surface area contributed by atoms with Gasteiger partial charge in [-0.3, -0.25) is 14.5 Å². The van der Waals surface area contributed by atoms with Crippen molar-refractivity contribution in [1.82, 2.24) is 20.1 Å². The van der Waals surface area contributed by atoms with Crippen molar-refractivity contribution in [2.45, 2.75) is 32.9 Å². The normalized spacial score (nSPS) is 10.4. The Kier molecular flexibility index (Phi) is 5.06. The predicted molar refractivity (Wildman–Crippen MR) is 79.7 cm³/mol. The number of carbonyl (C=O) groups is 1. The molecule has 20 heavy (non-hydrogen) atoms. The number of nitrogens with zero attached hydrogens (tertiary/aromatic N) is 2. The fourth-order valence-corrected chi connectivity index (χ4v) is 2.14. The second-order valence-corrected chi connectivity index (χ2v) is 4.93. The Balaban J connectivity index is 1.95. The quantitative estimate of drug-likeness (QED) is 0.802. The van der Waals surface area contributed by atoms with Gasteiger partial charge in [-0.25, -0.2) is 0 Å². The SMILES string of the molecule is CCCc1n[nH]c(=S)n1CC(=O)NCc1ccccc1. The number of amides is 1. The third kappa shape index (κ3) is 3.77. The minimum Gasteiger partial charge on any atom is -0.350 e. The molecule has 1 aromatic heterocycles. The van der Waals surface area contributed by atoms with Crippen LogP contribution in [0, 0.1) is 4.77 Å². The maximum absolute atomic E-state index is 12.0. The highest BCUT2D eigenvalue weighted by atomic mass is 32.1. The van der Waals surface area contributed by atoms with E-state index in [9.17, 15) is 4.79 Å². The molecular formula is C14H18N4OS. The van der Waals surface area contributed by atoms with Gasteiger partial charge >= 0.3 is 0 Å². The van der Waals surface area contributed by atoms with Gasteiger partial charge in [0.25, 0.3) is 0 Å². The van der Waals surface area contributed by atoms with Crippen LogP contribution in [0.2, 0.25) is 0 Å². The molecule has 0 bridgehead atoms. The van der Waals surface area contributed by atoms with E-state index >= 15 is 0 Å². The van der Waals surface area contributed by atoms with Gasteiger partial charge in [-0.05, 0) is 24.2 Å². The molecule has 0 fully saturated rings. The zero-order valence-corrected chi connectivity index (χ0v) is 12.2. The summed E-state index contributed by atoms with van der Waals surface area (Å²) in [6.45, 7) is 2.79. The average Bonchev–Trinajstić information content (AvgIpc) is 2.80. The van der Waals surface area contributed by atoms with Crippen LogP contribution in [-0.4, -0.2) is 20.7 Å². The zero-order valence-electron chi connectivity index (χ0n) is 11.4. The fraction of sp³-hybridized carbons (Fsp3) is 0.357. The van der Waals surface area contributed by atoms with E-state index in [0.717, 1.165) is 24.2 Å². The molecule has 0 radical (unpaired) electrons. The Bertz CT molecular complexity index is 618. The Hall–Kier alpha value is -1.95. The van der Waals surface area contributed by atoms with Crippen molar-refractivity contribution in [3.8, 4) is 0 Å². The number of hydrogen-bond donors (Lipinski definition) is 2. The largest absolute Gasteiger partial charge is 0.350 e. The predicted octanol–water partition coefficient (Wildman–Crippen LogP) is 2.21. The summed E-state index contributed by atoms with van der Waals surface area (Å²) >= 11 is 5.15. The highest BCUT2D eigenvalue weighted by Gasteiger charge is 2.09. The smallest absolute Gasteiger partial charge is 0.240 e. The van der Waals surface area contributed by atoms with Crippen LogP contribution in [0.4, 0.5) is 0 Å². The van der Waals surface area contributed by atoms with Crippen LogP contribution in [0.5, 0.6) is 0 Å². The zero-order chi connectivity index (χ0) is 14.4. The van der Waals surface area contributed by atoms with Crippen LogP contribution >= 0.6 is 12.2 Å². The Morgan fingerprint density at radius 2 is 2.15 bits per heavy atom. The number of nitrogens with one attached hydrogen (secondary N) is 2. The summed E-state index contributed by atoms with van der Waals surface area (Å²) in [4.78, 5) is 12.0. The van der Waals surface area contributed by atoms with Gasteiger partial charge in [0.05, 0.1) is 0 Å². The van der Waals surface area contributed by atoms with E-state index in [1.165, 1.54) is 0 Å². The van der Waals surface area contributed by atoms with Crippen LogP contribution in [0.1, 0.15) is 24.7 Å². The third-order valence-electron chi connectivity index (χ3n) is 2.95. The van der Waals surface area contributed by atoms with E-state index < -0.39 is 0 Å². The molecule has 1 aromatic carbocycles. The molecule has 0 aliphatic rings. The lowest BCUT2D eigenvalue weighted by molar-refractivity contribution is -0.121. The van der Waals surface area contributed by atoms with E-state index in [-0.39, 0.29) is 12.5 Å². The van der Waals surface area contributed by atoms with Crippen molar-refractivity contribution in [1.29, 1.82) is 0 Å². The molecule has 5 nitrogen and oxygen atoms in total. The summed E-state index contributed by atoms with van der Waals surface area (Å²) in [6.07, 6.45) is 1.77. The van der Waals surface area contributed by atoms with Gasteiger partial charge in [-0.1, -0.05) is 37.3 Å². The van der Waals surface area contributed by atoms with Crippen LogP contribution in [0.25, 0.3) is 0 Å². The van der Waals surface area contributed by atoms with E-state index in [2.05, 4.69) is 22.4 Å². The summed E-state index contributed by atoms with van der Waals surface area (Å²) < 4.78 is 2.24. The maximum atomic E-state index is 12.0. The lowest BCUT2D eigenvalue weighted by Crippen LogP contribution is -2.27. The summed E-state index contributed by atoms with van der Waals surface area (Å²) in [5.74, 6) is 0.760. The minimum atomic E-state index is -0.0660. The van der Waals surface area contributed by atoms with E-state index in [4.69, 9.17) is 12.2 Å². The third-order valence-corrected chi connectivity index (χ3v) is 3.26. The molecule has 0 saturated carbocycles. The molecule has 1 amide bonds. The van der Waals surface area contributed by atoms with Crippen LogP contribution < -0.4 is 5.32 Å². The number of rotatable bonds is 6. The number of H-pyrrole nitrogens is 1. The molecule has 6 heteroatoms. The molecule has 106 valence electrons. The molecule has 2 aromatic rings. The van der Waals surface area contributed by atoms with Crippen LogP contribution in [-0.2, 0) is 24.3 Å². The van der Waals surface area contributed by atoms with Crippen molar-refractivity contribution in [3.63, 3.8) is 0 Å². The topological polar surface area (TPSA) is 62.7 Å². The monoisotopic (exact) mass is 290 g/mol. The first-order chi connectivity index (χ1) is 9.70. The van der Waals surface area contributed by atoms with Crippen molar-refractivity contribution in [2.24, 2.45) is 0 Å². The molecule has 0 spiro atoms. The molecule has 2 N–H and O–H groups in total. The Morgan fingerprint density at radius 1 is 1.40 bits per heavy atom. The van der Waals surface area contributed by atoms with Crippen LogP contribution in [0.3, 0.4) is 0 Å². The number of aryl methyl sites for hydroxylation is 1. The second kappa shape index (κ2) is 7.00. The summed E-state index contributed by atoms with van der Waals surface area (Å²) in [7, 11) is 0. The van der Waals surface area contributed by atoms with Crippen molar-refractivity contribution in [3.05, 3.63) is 46.5 Å². The first kappa shape index (κ1) is 14.5. The van der Waals surface area contributed by atoms with Gasteiger partial charge in [-0.15, -0.1) is 0 Å². The lowest BCUT2D eigenvalue weighted by Gasteiger charge is -2.07. The molecule has 0 unspecified atom stereocenters. The van der Waals surface area contributed by atoms with Crippen LogP contribution in [0.15, 0.2) is 30.3 Å². The van der Waals surface area contributed by atoms with Gasteiger partial charge in [-0.2, -0.15) is 5.10 Å². The van der Waals surface area contributed by atoms with Crippen molar-refractivity contribution >= 4 is 18.1 Å². The molecule has 0 atom stereocenters. The number of hydrogen-bond acceptors (Lipinski definition) is 3. The van der Waals surface area contributed by atoms with Crippen molar-refractivity contribution < 1.29 is 4.79 Å². The van der Waals surface area contributed by atoms with Gasteiger partial charge in [0.1, 0.15) is 12.4 Å². The van der Waals surface area contributed by atoms with Gasteiger partial charge < -0.3 is 5.32 Å². The lowest BCUT2D eigenvalue weighted by atomic mass is 10.2. The first-order valence-electron chi connectivity index (χ1n) is 6.65. The standard InChI is InChI=1S/C14H18N4OS/c1-2-6-12-16-17-14(20)18(12)10-13(19)15-9-11-7-4-3-5-8-11/h3-5,7-8H,2,6,9-10H2,1H3,(H,15,19)(H,17,20). The molecular weight excluding hydrogens is 272 g/mol. The molecule has 1 heterocycles. The van der Waals surface area contributed by atoms with Gasteiger partial charge in [0, 0.05) is 13.0 Å².